The standard InChI is InChI=1S/C21H22N4O4/c1-14-20(25(27)28)15(2)24(23-14)16(3)21(26)22-18-9-11-19(12-10-18)29-13-17-7-5-4-6-8-17/h4-12,16H,13H2,1-3H3,(H,22,26)/t16-/m1/s1. The molecule has 0 unspecified atom stereocenters. The molecule has 0 saturated heterocycles. The number of carbonyl (C=O) groups excluding carboxylic acids is 1. The second kappa shape index (κ2) is 8.55. The highest BCUT2D eigenvalue weighted by molar-refractivity contribution is 5.93. The lowest BCUT2D eigenvalue weighted by atomic mass is 10.2. The molecule has 29 heavy (non-hydrogen) atoms. The van der Waals surface area contributed by atoms with Crippen molar-refractivity contribution >= 4 is 17.3 Å². The van der Waals surface area contributed by atoms with Crippen molar-refractivity contribution in [3.8, 4) is 5.75 Å². The first-order valence-corrected chi connectivity index (χ1v) is 9.14. The summed E-state index contributed by atoms with van der Waals surface area (Å²) in [6.45, 7) is 5.25. The van der Waals surface area contributed by atoms with Gasteiger partial charge in [0.15, 0.2) is 0 Å². The summed E-state index contributed by atoms with van der Waals surface area (Å²) in [4.78, 5) is 23.3. The molecule has 3 rings (SSSR count). The Kier molecular flexibility index (Phi) is 5.92. The molecule has 8 nitrogen and oxygen atoms in total. The van der Waals surface area contributed by atoms with E-state index in [4.69, 9.17) is 4.74 Å². The maximum Gasteiger partial charge on any atom is 0.312 e. The molecule has 0 spiro atoms. The summed E-state index contributed by atoms with van der Waals surface area (Å²) in [5, 5.41) is 18.1. The van der Waals surface area contributed by atoms with Gasteiger partial charge in [0, 0.05) is 5.69 Å². The van der Waals surface area contributed by atoms with E-state index in [9.17, 15) is 14.9 Å². The number of aromatic nitrogens is 2. The summed E-state index contributed by atoms with van der Waals surface area (Å²) >= 11 is 0. The van der Waals surface area contributed by atoms with E-state index in [1.165, 1.54) is 4.68 Å². The summed E-state index contributed by atoms with van der Waals surface area (Å²) in [6.07, 6.45) is 0. The second-order valence-electron chi connectivity index (χ2n) is 6.68. The number of nitro groups is 1. The number of ether oxygens (including phenoxy) is 1. The van der Waals surface area contributed by atoms with Crippen LogP contribution in [0.1, 0.15) is 29.9 Å². The highest BCUT2D eigenvalue weighted by atomic mass is 16.6. The van der Waals surface area contributed by atoms with Crippen molar-refractivity contribution < 1.29 is 14.5 Å². The summed E-state index contributed by atoms with van der Waals surface area (Å²) in [7, 11) is 0. The number of benzene rings is 2. The van der Waals surface area contributed by atoms with E-state index in [1.54, 1.807) is 45.0 Å². The molecule has 1 amide bonds. The Labute approximate surface area is 168 Å². The van der Waals surface area contributed by atoms with Gasteiger partial charge in [-0.3, -0.25) is 19.6 Å². The van der Waals surface area contributed by atoms with Crippen LogP contribution in [0.4, 0.5) is 11.4 Å². The number of nitrogens with zero attached hydrogens (tertiary/aromatic N) is 3. The Bertz CT molecular complexity index is 1010. The van der Waals surface area contributed by atoms with Gasteiger partial charge in [0.25, 0.3) is 0 Å². The predicted molar refractivity (Wildman–Crippen MR) is 109 cm³/mol. The highest BCUT2D eigenvalue weighted by Gasteiger charge is 2.27. The van der Waals surface area contributed by atoms with Gasteiger partial charge in [0.1, 0.15) is 29.8 Å². The molecule has 2 aromatic carbocycles. The smallest absolute Gasteiger partial charge is 0.312 e. The summed E-state index contributed by atoms with van der Waals surface area (Å²) in [5.74, 6) is 0.373. The molecule has 0 bridgehead atoms. The number of hydrogen-bond acceptors (Lipinski definition) is 5. The zero-order chi connectivity index (χ0) is 21.0. The molecule has 1 N–H and O–H groups in total. The van der Waals surface area contributed by atoms with Crippen LogP contribution in [0.15, 0.2) is 54.6 Å². The molecule has 8 heteroatoms. The van der Waals surface area contributed by atoms with Gasteiger partial charge in [-0.1, -0.05) is 30.3 Å². The Balaban J connectivity index is 1.63. The number of rotatable bonds is 7. The molecule has 1 aromatic heterocycles. The molecule has 0 aliphatic heterocycles. The van der Waals surface area contributed by atoms with Crippen LogP contribution in [-0.4, -0.2) is 20.6 Å². The maximum absolute atomic E-state index is 12.6. The van der Waals surface area contributed by atoms with Gasteiger partial charge in [-0.05, 0) is 50.6 Å². The van der Waals surface area contributed by atoms with Gasteiger partial charge < -0.3 is 10.1 Å². The van der Waals surface area contributed by atoms with Crippen LogP contribution in [0, 0.1) is 24.0 Å². The number of nitrogens with one attached hydrogen (secondary N) is 1. The monoisotopic (exact) mass is 394 g/mol. The summed E-state index contributed by atoms with van der Waals surface area (Å²) < 4.78 is 7.11. The number of anilines is 1. The molecule has 0 aliphatic carbocycles. The van der Waals surface area contributed by atoms with E-state index >= 15 is 0 Å². The SMILES string of the molecule is Cc1nn([C@H](C)C(=O)Nc2ccc(OCc3ccccc3)cc2)c(C)c1[N+](=O)[O-]. The van der Waals surface area contributed by atoms with E-state index in [0.717, 1.165) is 5.56 Å². The lowest BCUT2D eigenvalue weighted by molar-refractivity contribution is -0.386. The van der Waals surface area contributed by atoms with Crippen LogP contribution in [0.2, 0.25) is 0 Å². The molecule has 0 aliphatic rings. The fraction of sp³-hybridized carbons (Fsp3) is 0.238. The van der Waals surface area contributed by atoms with E-state index in [0.29, 0.717) is 23.7 Å². The molecule has 3 aromatic rings. The van der Waals surface area contributed by atoms with Crippen molar-refractivity contribution in [3.63, 3.8) is 0 Å². The van der Waals surface area contributed by atoms with Crippen molar-refractivity contribution in [1.29, 1.82) is 0 Å². The van der Waals surface area contributed by atoms with E-state index < -0.39 is 11.0 Å². The zero-order valence-corrected chi connectivity index (χ0v) is 16.5. The fourth-order valence-electron chi connectivity index (χ4n) is 3.03. The summed E-state index contributed by atoms with van der Waals surface area (Å²) in [5.41, 5.74) is 2.24. The van der Waals surface area contributed by atoms with Crippen LogP contribution < -0.4 is 10.1 Å². The number of carbonyl (C=O) groups is 1. The Morgan fingerprint density at radius 2 is 1.83 bits per heavy atom. The molecule has 1 heterocycles. The fourth-order valence-corrected chi connectivity index (χ4v) is 3.03. The van der Waals surface area contributed by atoms with Crippen LogP contribution in [0.3, 0.4) is 0 Å². The highest BCUT2D eigenvalue weighted by Crippen LogP contribution is 2.25. The Morgan fingerprint density at radius 3 is 2.41 bits per heavy atom. The minimum atomic E-state index is -0.698. The first-order valence-electron chi connectivity index (χ1n) is 9.14. The van der Waals surface area contributed by atoms with Gasteiger partial charge in [0.05, 0.1) is 4.92 Å². The van der Waals surface area contributed by atoms with Crippen molar-refractivity contribution in [1.82, 2.24) is 9.78 Å². The molecule has 150 valence electrons. The third kappa shape index (κ3) is 4.60. The predicted octanol–water partition coefficient (Wildman–Crippen LogP) is 4.19. The molecule has 0 saturated carbocycles. The molecule has 1 atom stereocenters. The van der Waals surface area contributed by atoms with Crippen LogP contribution >= 0.6 is 0 Å². The Hall–Kier alpha value is -3.68. The van der Waals surface area contributed by atoms with Gasteiger partial charge in [-0.2, -0.15) is 5.10 Å². The van der Waals surface area contributed by atoms with Crippen molar-refractivity contribution in [2.45, 2.75) is 33.4 Å². The first kappa shape index (κ1) is 20.1. The third-order valence-corrected chi connectivity index (χ3v) is 4.59. The van der Waals surface area contributed by atoms with Gasteiger partial charge >= 0.3 is 5.69 Å². The molecular weight excluding hydrogens is 372 g/mol. The zero-order valence-electron chi connectivity index (χ0n) is 16.5. The van der Waals surface area contributed by atoms with Gasteiger partial charge in [0.2, 0.25) is 5.91 Å². The molecular formula is C21H22N4O4. The second-order valence-corrected chi connectivity index (χ2v) is 6.68. The van der Waals surface area contributed by atoms with Crippen LogP contribution in [0.25, 0.3) is 0 Å². The van der Waals surface area contributed by atoms with E-state index in [-0.39, 0.29) is 17.3 Å². The molecule has 0 fully saturated rings. The van der Waals surface area contributed by atoms with Crippen molar-refractivity contribution in [2.75, 3.05) is 5.32 Å². The van der Waals surface area contributed by atoms with Crippen LogP contribution in [0.5, 0.6) is 5.75 Å². The number of aryl methyl sites for hydroxylation is 1. The van der Waals surface area contributed by atoms with Gasteiger partial charge in [-0.25, -0.2) is 0 Å². The minimum Gasteiger partial charge on any atom is -0.489 e. The summed E-state index contributed by atoms with van der Waals surface area (Å²) in [6, 6.07) is 16.2. The number of hydrogen-bond donors (Lipinski definition) is 1. The lowest BCUT2D eigenvalue weighted by Gasteiger charge is -2.14. The van der Waals surface area contributed by atoms with E-state index in [2.05, 4.69) is 10.4 Å². The largest absolute Gasteiger partial charge is 0.489 e. The van der Waals surface area contributed by atoms with Crippen molar-refractivity contribution in [2.24, 2.45) is 0 Å². The normalized spacial score (nSPS) is 11.7. The van der Waals surface area contributed by atoms with Gasteiger partial charge in [-0.15, -0.1) is 0 Å². The lowest BCUT2D eigenvalue weighted by Crippen LogP contribution is -2.25. The minimum absolute atomic E-state index is 0.0652. The first-order chi connectivity index (χ1) is 13.9. The van der Waals surface area contributed by atoms with Crippen molar-refractivity contribution in [3.05, 3.63) is 81.7 Å². The average Bonchev–Trinajstić information content (AvgIpc) is 3.01. The van der Waals surface area contributed by atoms with E-state index in [1.807, 2.05) is 30.3 Å². The number of amides is 1. The topological polar surface area (TPSA) is 99.3 Å². The molecule has 0 radical (unpaired) electrons. The van der Waals surface area contributed by atoms with Crippen LogP contribution in [-0.2, 0) is 11.4 Å². The Morgan fingerprint density at radius 1 is 1.17 bits per heavy atom. The maximum atomic E-state index is 12.6. The third-order valence-electron chi connectivity index (χ3n) is 4.59. The quantitative estimate of drug-likeness (QED) is 0.478. The average molecular weight is 394 g/mol.